The van der Waals surface area contributed by atoms with Crippen LogP contribution < -0.4 is 15.8 Å². The summed E-state index contributed by atoms with van der Waals surface area (Å²) in [5.74, 6) is 0.143. The minimum Gasteiger partial charge on any atom is -0.497 e. The molecular weight excluding hydrogens is 326 g/mol. The van der Waals surface area contributed by atoms with Gasteiger partial charge >= 0.3 is 0 Å². The van der Waals surface area contributed by atoms with Gasteiger partial charge in [0.15, 0.2) is 0 Å². The van der Waals surface area contributed by atoms with Gasteiger partial charge in [0.2, 0.25) is 0 Å². The van der Waals surface area contributed by atoms with E-state index in [1.807, 2.05) is 31.2 Å². The third-order valence-electron chi connectivity index (χ3n) is 3.79. The maximum absolute atomic E-state index is 11.8. The van der Waals surface area contributed by atoms with Crippen molar-refractivity contribution in [1.29, 1.82) is 0 Å². The highest BCUT2D eigenvalue weighted by Crippen LogP contribution is 2.32. The van der Waals surface area contributed by atoms with Crippen LogP contribution >= 0.6 is 11.6 Å². The molecule has 3 N–H and O–H groups in total. The zero-order valence-electron chi connectivity index (χ0n) is 13.3. The third-order valence-corrected chi connectivity index (χ3v) is 4.02. The van der Waals surface area contributed by atoms with Crippen LogP contribution in [0.5, 0.6) is 5.75 Å². The number of carbonyl (C=O) groups excluding carboxylic acids is 1. The number of hydrogen-bond donors (Lipinski definition) is 2. The van der Waals surface area contributed by atoms with Gasteiger partial charge in [0.25, 0.3) is 5.91 Å². The number of nitrogens with two attached hydrogens (primary N) is 1. The predicted octanol–water partition coefficient (Wildman–Crippen LogP) is 4.05. The smallest absolute Gasteiger partial charge is 0.252 e. The lowest BCUT2D eigenvalue weighted by molar-refractivity contribution is 0.100. The predicted molar refractivity (Wildman–Crippen MR) is 96.3 cm³/mol. The Hall–Kier alpha value is -2.79. The molecule has 1 heterocycles. The van der Waals surface area contributed by atoms with Gasteiger partial charge in [0.05, 0.1) is 23.9 Å². The average Bonchev–Trinajstić information content (AvgIpc) is 2.56. The molecule has 0 saturated heterocycles. The molecule has 0 unspecified atom stereocenters. The van der Waals surface area contributed by atoms with Crippen LogP contribution in [0.3, 0.4) is 0 Å². The Bertz CT molecular complexity index is 941. The van der Waals surface area contributed by atoms with E-state index in [1.54, 1.807) is 19.2 Å². The molecule has 0 aliphatic rings. The molecule has 0 radical (unpaired) electrons. The van der Waals surface area contributed by atoms with Crippen LogP contribution in [-0.2, 0) is 0 Å². The van der Waals surface area contributed by atoms with Crippen LogP contribution in [0.15, 0.2) is 42.6 Å². The molecule has 0 saturated carbocycles. The second-order valence-electron chi connectivity index (χ2n) is 5.38. The molecular formula is C18H16ClN3O2. The summed E-state index contributed by atoms with van der Waals surface area (Å²) in [7, 11) is 1.59. The zero-order valence-corrected chi connectivity index (χ0v) is 14.0. The van der Waals surface area contributed by atoms with E-state index in [1.165, 1.54) is 6.20 Å². The summed E-state index contributed by atoms with van der Waals surface area (Å²) in [5, 5.41) is 4.72. The Morgan fingerprint density at radius 2 is 2.04 bits per heavy atom. The minimum absolute atomic E-state index is 0.321. The summed E-state index contributed by atoms with van der Waals surface area (Å²) >= 11 is 6.00. The molecule has 1 aromatic heterocycles. The van der Waals surface area contributed by atoms with Crippen molar-refractivity contribution in [3.63, 3.8) is 0 Å². The number of nitrogens with zero attached hydrogens (tertiary/aromatic N) is 1. The first-order chi connectivity index (χ1) is 11.5. The van der Waals surface area contributed by atoms with Crippen molar-refractivity contribution >= 4 is 39.8 Å². The summed E-state index contributed by atoms with van der Waals surface area (Å²) in [5.41, 5.74) is 8.94. The molecule has 0 aliphatic heterocycles. The molecule has 2 aromatic carbocycles. The van der Waals surface area contributed by atoms with Crippen LogP contribution in [0.25, 0.3) is 10.9 Å². The molecule has 24 heavy (non-hydrogen) atoms. The largest absolute Gasteiger partial charge is 0.497 e. The fourth-order valence-corrected chi connectivity index (χ4v) is 2.75. The average molecular weight is 342 g/mol. The van der Waals surface area contributed by atoms with Crippen LogP contribution in [-0.4, -0.2) is 18.0 Å². The number of halogens is 1. The lowest BCUT2D eigenvalue weighted by atomic mass is 10.1. The van der Waals surface area contributed by atoms with Crippen molar-refractivity contribution in [3.8, 4) is 5.75 Å². The first-order valence-electron chi connectivity index (χ1n) is 7.29. The van der Waals surface area contributed by atoms with E-state index in [4.69, 9.17) is 22.1 Å². The SMILES string of the molecule is COc1ccc2c(Nc3ccc(Cl)cc3C)c(C(N)=O)cnc2c1. The van der Waals surface area contributed by atoms with Gasteiger partial charge in [-0.15, -0.1) is 0 Å². The van der Waals surface area contributed by atoms with Crippen molar-refractivity contribution < 1.29 is 9.53 Å². The number of aryl methyl sites for hydroxylation is 1. The highest BCUT2D eigenvalue weighted by Gasteiger charge is 2.15. The number of nitrogens with one attached hydrogen (secondary N) is 1. The Kier molecular flexibility index (Phi) is 4.27. The van der Waals surface area contributed by atoms with E-state index in [0.717, 1.165) is 16.6 Å². The molecule has 5 nitrogen and oxygen atoms in total. The van der Waals surface area contributed by atoms with Gasteiger partial charge in [0.1, 0.15) is 5.75 Å². The Balaban J connectivity index is 2.19. The molecule has 0 spiro atoms. The summed E-state index contributed by atoms with van der Waals surface area (Å²) in [6.45, 7) is 1.94. The van der Waals surface area contributed by atoms with E-state index in [2.05, 4.69) is 10.3 Å². The van der Waals surface area contributed by atoms with Gasteiger partial charge in [-0.3, -0.25) is 9.78 Å². The lowest BCUT2D eigenvalue weighted by Gasteiger charge is -2.15. The number of ether oxygens (including phenoxy) is 1. The number of methoxy groups -OCH3 is 1. The monoisotopic (exact) mass is 341 g/mol. The van der Waals surface area contributed by atoms with E-state index >= 15 is 0 Å². The van der Waals surface area contributed by atoms with E-state index in [9.17, 15) is 4.79 Å². The number of hydrogen-bond acceptors (Lipinski definition) is 4. The number of fused-ring (bicyclic) bond motifs is 1. The first-order valence-corrected chi connectivity index (χ1v) is 7.67. The van der Waals surface area contributed by atoms with Gasteiger partial charge in [-0.2, -0.15) is 0 Å². The van der Waals surface area contributed by atoms with Gasteiger partial charge in [-0.05, 0) is 42.8 Å². The standard InChI is InChI=1S/C18H16ClN3O2/c1-10-7-11(19)3-6-15(10)22-17-13-5-4-12(24-2)8-16(13)21-9-14(17)18(20)23/h3-9H,1-2H3,(H2,20,23)(H,21,22). The summed E-state index contributed by atoms with van der Waals surface area (Å²) < 4.78 is 5.22. The van der Waals surface area contributed by atoms with Gasteiger partial charge in [0, 0.05) is 28.4 Å². The maximum Gasteiger partial charge on any atom is 0.252 e. The first kappa shape index (κ1) is 16.1. The van der Waals surface area contributed by atoms with Crippen molar-refractivity contribution in [1.82, 2.24) is 4.98 Å². The number of primary amides is 1. The number of pyridine rings is 1. The lowest BCUT2D eigenvalue weighted by Crippen LogP contribution is -2.14. The molecule has 0 fully saturated rings. The molecule has 122 valence electrons. The number of amides is 1. The fraction of sp³-hybridized carbons (Fsp3) is 0.111. The quantitative estimate of drug-likeness (QED) is 0.750. The topological polar surface area (TPSA) is 77.2 Å². The number of aromatic nitrogens is 1. The Morgan fingerprint density at radius 1 is 1.25 bits per heavy atom. The Morgan fingerprint density at radius 3 is 2.71 bits per heavy atom. The maximum atomic E-state index is 11.8. The van der Waals surface area contributed by atoms with Crippen LogP contribution in [0.2, 0.25) is 5.02 Å². The number of anilines is 2. The molecule has 0 atom stereocenters. The normalized spacial score (nSPS) is 10.6. The zero-order chi connectivity index (χ0) is 17.3. The highest BCUT2D eigenvalue weighted by molar-refractivity contribution is 6.30. The second kappa shape index (κ2) is 6.37. The van der Waals surface area contributed by atoms with Gasteiger partial charge in [-0.25, -0.2) is 0 Å². The van der Waals surface area contributed by atoms with Crippen LogP contribution in [0.1, 0.15) is 15.9 Å². The molecule has 6 heteroatoms. The van der Waals surface area contributed by atoms with Crippen molar-refractivity contribution in [2.24, 2.45) is 5.73 Å². The number of rotatable bonds is 4. The summed E-state index contributed by atoms with van der Waals surface area (Å²) in [6.07, 6.45) is 1.47. The fourth-order valence-electron chi connectivity index (χ4n) is 2.52. The molecule has 0 bridgehead atoms. The summed E-state index contributed by atoms with van der Waals surface area (Å²) in [4.78, 5) is 16.1. The van der Waals surface area contributed by atoms with Crippen LogP contribution in [0.4, 0.5) is 11.4 Å². The molecule has 0 aliphatic carbocycles. The van der Waals surface area contributed by atoms with Crippen molar-refractivity contribution in [2.45, 2.75) is 6.92 Å². The molecule has 3 rings (SSSR count). The molecule has 1 amide bonds. The Labute approximate surface area is 144 Å². The van der Waals surface area contributed by atoms with E-state index < -0.39 is 5.91 Å². The highest BCUT2D eigenvalue weighted by atomic mass is 35.5. The number of benzene rings is 2. The van der Waals surface area contributed by atoms with Gasteiger partial charge < -0.3 is 15.8 Å². The van der Waals surface area contributed by atoms with Crippen molar-refractivity contribution in [2.75, 3.05) is 12.4 Å². The summed E-state index contributed by atoms with van der Waals surface area (Å²) in [6, 6.07) is 11.0. The van der Waals surface area contributed by atoms with Crippen LogP contribution in [0, 0.1) is 6.92 Å². The molecule has 3 aromatic rings. The number of carbonyl (C=O) groups is 1. The second-order valence-corrected chi connectivity index (χ2v) is 5.81. The minimum atomic E-state index is -0.547. The van der Waals surface area contributed by atoms with Gasteiger partial charge in [-0.1, -0.05) is 11.6 Å². The van der Waals surface area contributed by atoms with E-state index in [-0.39, 0.29) is 0 Å². The van der Waals surface area contributed by atoms with E-state index in [0.29, 0.717) is 27.5 Å². The third kappa shape index (κ3) is 2.98. The van der Waals surface area contributed by atoms with Crippen molar-refractivity contribution in [3.05, 3.63) is 58.7 Å².